The van der Waals surface area contributed by atoms with E-state index in [4.69, 9.17) is 11.6 Å². The van der Waals surface area contributed by atoms with Gasteiger partial charge in [-0.3, -0.25) is 0 Å². The summed E-state index contributed by atoms with van der Waals surface area (Å²) in [6, 6.07) is 4.95. The normalized spacial score (nSPS) is 12.8. The lowest BCUT2D eigenvalue weighted by Crippen LogP contribution is -2.15. The standard InChI is InChI=1S/C15H16ClF3N4/c1-3-9(2)21-13-6-7-20-14(23-13)22-12-8-10(15(17,18)19)4-5-11(12)16/h4-9H,3H2,1-2H3,(H2,20,21,22,23). The summed E-state index contributed by atoms with van der Waals surface area (Å²) in [5.41, 5.74) is -0.694. The maximum absolute atomic E-state index is 12.8. The third-order valence-corrected chi connectivity index (χ3v) is 3.53. The molecule has 0 saturated carbocycles. The van der Waals surface area contributed by atoms with Crippen LogP contribution in [0.5, 0.6) is 0 Å². The Hall–Kier alpha value is -2.02. The van der Waals surface area contributed by atoms with Crippen LogP contribution >= 0.6 is 11.6 Å². The molecule has 1 aromatic carbocycles. The number of nitrogens with zero attached hydrogens (tertiary/aromatic N) is 2. The van der Waals surface area contributed by atoms with Crippen molar-refractivity contribution in [3.05, 3.63) is 41.0 Å². The Bertz CT molecular complexity index is 676. The lowest BCUT2D eigenvalue weighted by Gasteiger charge is -2.14. The van der Waals surface area contributed by atoms with Gasteiger partial charge in [-0.25, -0.2) is 4.98 Å². The van der Waals surface area contributed by atoms with Crippen molar-refractivity contribution in [3.8, 4) is 0 Å². The Balaban J connectivity index is 2.24. The van der Waals surface area contributed by atoms with Crippen LogP contribution in [0.15, 0.2) is 30.5 Å². The third kappa shape index (κ3) is 4.72. The van der Waals surface area contributed by atoms with Crippen molar-refractivity contribution < 1.29 is 13.2 Å². The molecule has 0 amide bonds. The van der Waals surface area contributed by atoms with Gasteiger partial charge < -0.3 is 10.6 Å². The number of anilines is 3. The van der Waals surface area contributed by atoms with Crippen LogP contribution in [-0.2, 0) is 6.18 Å². The van der Waals surface area contributed by atoms with E-state index >= 15 is 0 Å². The molecule has 2 N–H and O–H groups in total. The first-order valence-corrected chi connectivity index (χ1v) is 7.40. The quantitative estimate of drug-likeness (QED) is 0.792. The summed E-state index contributed by atoms with van der Waals surface area (Å²) in [4.78, 5) is 8.21. The van der Waals surface area contributed by atoms with Crippen LogP contribution in [0.1, 0.15) is 25.8 Å². The van der Waals surface area contributed by atoms with Crippen molar-refractivity contribution in [2.75, 3.05) is 10.6 Å². The van der Waals surface area contributed by atoms with E-state index in [1.54, 1.807) is 6.07 Å². The van der Waals surface area contributed by atoms with Crippen molar-refractivity contribution in [1.29, 1.82) is 0 Å². The molecule has 4 nitrogen and oxygen atoms in total. The van der Waals surface area contributed by atoms with Crippen LogP contribution in [0.3, 0.4) is 0 Å². The molecule has 1 atom stereocenters. The minimum Gasteiger partial charge on any atom is -0.367 e. The first-order chi connectivity index (χ1) is 10.8. The number of hydrogen-bond acceptors (Lipinski definition) is 4. The highest BCUT2D eigenvalue weighted by molar-refractivity contribution is 6.33. The molecule has 0 radical (unpaired) electrons. The van der Waals surface area contributed by atoms with Gasteiger partial charge in [0.05, 0.1) is 16.3 Å². The monoisotopic (exact) mass is 344 g/mol. The van der Waals surface area contributed by atoms with Gasteiger partial charge >= 0.3 is 6.18 Å². The number of hydrogen-bond donors (Lipinski definition) is 2. The number of aromatic nitrogens is 2. The number of nitrogens with one attached hydrogen (secondary N) is 2. The molecule has 1 unspecified atom stereocenters. The molecule has 23 heavy (non-hydrogen) atoms. The van der Waals surface area contributed by atoms with Gasteiger partial charge in [0.1, 0.15) is 5.82 Å². The fourth-order valence-electron chi connectivity index (χ4n) is 1.77. The average molecular weight is 345 g/mol. The molecular weight excluding hydrogens is 329 g/mol. The van der Waals surface area contributed by atoms with Crippen LogP contribution in [0.4, 0.5) is 30.6 Å². The zero-order chi connectivity index (χ0) is 17.0. The maximum atomic E-state index is 12.8. The third-order valence-electron chi connectivity index (χ3n) is 3.20. The number of benzene rings is 1. The minimum absolute atomic E-state index is 0.0992. The minimum atomic E-state index is -4.44. The van der Waals surface area contributed by atoms with E-state index in [9.17, 15) is 13.2 Å². The zero-order valence-electron chi connectivity index (χ0n) is 12.6. The average Bonchev–Trinajstić information content (AvgIpc) is 2.48. The second-order valence-electron chi connectivity index (χ2n) is 5.04. The van der Waals surface area contributed by atoms with Crippen LogP contribution in [-0.4, -0.2) is 16.0 Å². The number of alkyl halides is 3. The summed E-state index contributed by atoms with van der Waals surface area (Å²) in [6.45, 7) is 4.03. The predicted molar refractivity (Wildman–Crippen MR) is 85.1 cm³/mol. The molecule has 1 heterocycles. The smallest absolute Gasteiger partial charge is 0.367 e. The van der Waals surface area contributed by atoms with Gasteiger partial charge in [-0.1, -0.05) is 18.5 Å². The fraction of sp³-hybridized carbons (Fsp3) is 0.333. The highest BCUT2D eigenvalue weighted by Crippen LogP contribution is 2.34. The van der Waals surface area contributed by atoms with Crippen LogP contribution in [0.25, 0.3) is 0 Å². The summed E-state index contributed by atoms with van der Waals surface area (Å²) in [6.07, 6.45) is -2.02. The maximum Gasteiger partial charge on any atom is 0.416 e. The summed E-state index contributed by atoms with van der Waals surface area (Å²) >= 11 is 5.94. The molecule has 0 aliphatic carbocycles. The fourth-order valence-corrected chi connectivity index (χ4v) is 1.94. The molecule has 1 aromatic heterocycles. The molecule has 0 saturated heterocycles. The highest BCUT2D eigenvalue weighted by atomic mass is 35.5. The van der Waals surface area contributed by atoms with E-state index in [1.165, 1.54) is 12.3 Å². The van der Waals surface area contributed by atoms with Crippen LogP contribution < -0.4 is 10.6 Å². The largest absolute Gasteiger partial charge is 0.416 e. The summed E-state index contributed by atoms with van der Waals surface area (Å²) in [5.74, 6) is 0.750. The Labute approximate surface area is 137 Å². The molecule has 0 aliphatic rings. The van der Waals surface area contributed by atoms with Crippen molar-refractivity contribution in [2.45, 2.75) is 32.5 Å². The molecule has 2 aromatic rings. The molecule has 2 rings (SSSR count). The van der Waals surface area contributed by atoms with E-state index in [1.807, 2.05) is 13.8 Å². The van der Waals surface area contributed by atoms with E-state index in [0.717, 1.165) is 18.6 Å². The van der Waals surface area contributed by atoms with Crippen molar-refractivity contribution in [3.63, 3.8) is 0 Å². The van der Waals surface area contributed by atoms with Gasteiger partial charge in [0.2, 0.25) is 5.95 Å². The predicted octanol–water partition coefficient (Wildman–Crippen LogP) is 5.10. The number of halogens is 4. The first-order valence-electron chi connectivity index (χ1n) is 7.03. The second-order valence-corrected chi connectivity index (χ2v) is 5.44. The van der Waals surface area contributed by atoms with Crippen molar-refractivity contribution >= 4 is 29.1 Å². The molecule has 124 valence electrons. The van der Waals surface area contributed by atoms with Crippen LogP contribution in [0, 0.1) is 0 Å². The Morgan fingerprint density at radius 3 is 2.65 bits per heavy atom. The van der Waals surface area contributed by atoms with Crippen molar-refractivity contribution in [1.82, 2.24) is 9.97 Å². The van der Waals surface area contributed by atoms with Crippen molar-refractivity contribution in [2.24, 2.45) is 0 Å². The molecule has 0 bridgehead atoms. The van der Waals surface area contributed by atoms with Gasteiger partial charge in [-0.15, -0.1) is 0 Å². The van der Waals surface area contributed by atoms with E-state index < -0.39 is 11.7 Å². The summed E-state index contributed by atoms with van der Waals surface area (Å²) in [7, 11) is 0. The van der Waals surface area contributed by atoms with E-state index in [0.29, 0.717) is 5.82 Å². The molecule has 0 aliphatic heterocycles. The second kappa shape index (κ2) is 7.04. The van der Waals surface area contributed by atoms with Gasteiger partial charge in [0.15, 0.2) is 0 Å². The Morgan fingerprint density at radius 1 is 1.26 bits per heavy atom. The van der Waals surface area contributed by atoms with Gasteiger partial charge in [0.25, 0.3) is 0 Å². The molecular formula is C15H16ClF3N4. The van der Waals surface area contributed by atoms with Gasteiger partial charge in [-0.2, -0.15) is 18.2 Å². The molecule has 0 spiro atoms. The molecule has 8 heteroatoms. The number of rotatable bonds is 5. The van der Waals surface area contributed by atoms with E-state index in [-0.39, 0.29) is 22.7 Å². The van der Waals surface area contributed by atoms with Gasteiger partial charge in [0, 0.05) is 12.2 Å². The Kier molecular flexibility index (Phi) is 5.30. The van der Waals surface area contributed by atoms with E-state index in [2.05, 4.69) is 20.6 Å². The first kappa shape index (κ1) is 17.3. The zero-order valence-corrected chi connectivity index (χ0v) is 13.3. The highest BCUT2D eigenvalue weighted by Gasteiger charge is 2.31. The molecule has 0 fully saturated rings. The SMILES string of the molecule is CCC(C)Nc1ccnc(Nc2cc(C(F)(F)F)ccc2Cl)n1. The Morgan fingerprint density at radius 2 is 2.00 bits per heavy atom. The topological polar surface area (TPSA) is 49.8 Å². The van der Waals surface area contributed by atoms with Crippen LogP contribution in [0.2, 0.25) is 5.02 Å². The lowest BCUT2D eigenvalue weighted by atomic mass is 10.2. The van der Waals surface area contributed by atoms with Gasteiger partial charge in [-0.05, 0) is 37.6 Å². The summed E-state index contributed by atoms with van der Waals surface area (Å²) in [5, 5.41) is 6.04. The summed E-state index contributed by atoms with van der Waals surface area (Å²) < 4.78 is 38.3. The lowest BCUT2D eigenvalue weighted by molar-refractivity contribution is -0.137.